The van der Waals surface area contributed by atoms with Gasteiger partial charge in [0.1, 0.15) is 18.1 Å². The molecule has 3 rings (SSSR count). The molecule has 3 aromatic rings. The lowest BCUT2D eigenvalue weighted by atomic mass is 10.1. The third kappa shape index (κ3) is 3.81. The number of amides is 1. The van der Waals surface area contributed by atoms with Crippen LogP contribution in [-0.4, -0.2) is 11.1 Å². The van der Waals surface area contributed by atoms with E-state index in [4.69, 9.17) is 9.15 Å². The molecule has 24 heavy (non-hydrogen) atoms. The molecule has 0 radical (unpaired) electrons. The van der Waals surface area contributed by atoms with Crippen molar-refractivity contribution in [2.75, 3.05) is 5.32 Å². The first-order valence-electron chi connectivity index (χ1n) is 7.64. The van der Waals surface area contributed by atoms with Crippen LogP contribution in [0.2, 0.25) is 0 Å². The molecular formula is C19H18N2O3. The summed E-state index contributed by atoms with van der Waals surface area (Å²) in [5.41, 5.74) is 3.35. The smallest absolute Gasteiger partial charge is 0.411 e. The Morgan fingerprint density at radius 2 is 1.79 bits per heavy atom. The number of oxazole rings is 1. The average molecular weight is 322 g/mol. The van der Waals surface area contributed by atoms with Crippen LogP contribution in [0, 0.1) is 13.8 Å². The van der Waals surface area contributed by atoms with Gasteiger partial charge in [0.2, 0.25) is 0 Å². The molecule has 0 aliphatic heterocycles. The minimum absolute atomic E-state index is 0.238. The number of aryl methyl sites for hydroxylation is 2. The maximum absolute atomic E-state index is 11.8. The summed E-state index contributed by atoms with van der Waals surface area (Å²) in [6.45, 7) is 3.93. The second-order valence-electron chi connectivity index (χ2n) is 5.40. The lowest BCUT2D eigenvalue weighted by Gasteiger charge is -2.07. The fourth-order valence-electron chi connectivity index (χ4n) is 2.39. The van der Waals surface area contributed by atoms with Crippen molar-refractivity contribution in [2.45, 2.75) is 20.5 Å². The lowest BCUT2D eigenvalue weighted by Crippen LogP contribution is -2.13. The molecule has 2 aromatic carbocycles. The number of benzene rings is 2. The van der Waals surface area contributed by atoms with Crippen molar-refractivity contribution in [2.24, 2.45) is 0 Å². The molecule has 0 spiro atoms. The summed E-state index contributed by atoms with van der Waals surface area (Å²) in [5, 5.41) is 2.71. The van der Waals surface area contributed by atoms with Gasteiger partial charge in [0.25, 0.3) is 0 Å². The van der Waals surface area contributed by atoms with Crippen molar-refractivity contribution >= 4 is 11.8 Å². The van der Waals surface area contributed by atoms with E-state index in [0.717, 1.165) is 22.6 Å². The molecule has 122 valence electrons. The third-order valence-electron chi connectivity index (χ3n) is 3.52. The molecule has 0 aliphatic rings. The highest BCUT2D eigenvalue weighted by Gasteiger charge is 2.10. The van der Waals surface area contributed by atoms with Crippen molar-refractivity contribution in [3.8, 4) is 11.3 Å². The molecule has 0 bridgehead atoms. The number of ether oxygens (including phenoxy) is 1. The van der Waals surface area contributed by atoms with Gasteiger partial charge in [-0.15, -0.1) is 0 Å². The first-order chi connectivity index (χ1) is 11.6. The zero-order valence-electron chi connectivity index (χ0n) is 13.6. The third-order valence-corrected chi connectivity index (χ3v) is 3.52. The SMILES string of the molecule is Cc1nc(-c2ccc(NC(=O)OCc3ccccc3)cc2)c(C)o1. The van der Waals surface area contributed by atoms with E-state index < -0.39 is 6.09 Å². The molecule has 1 heterocycles. The Hall–Kier alpha value is -3.08. The minimum Gasteiger partial charge on any atom is -0.446 e. The topological polar surface area (TPSA) is 64.4 Å². The molecular weight excluding hydrogens is 304 g/mol. The van der Waals surface area contributed by atoms with E-state index in [9.17, 15) is 4.79 Å². The Morgan fingerprint density at radius 3 is 2.42 bits per heavy atom. The van der Waals surface area contributed by atoms with Gasteiger partial charge >= 0.3 is 6.09 Å². The van der Waals surface area contributed by atoms with Crippen molar-refractivity contribution in [3.05, 3.63) is 71.8 Å². The predicted molar refractivity (Wildman–Crippen MR) is 91.7 cm³/mol. The van der Waals surface area contributed by atoms with Gasteiger partial charge in [0.05, 0.1) is 0 Å². The molecule has 0 saturated heterocycles. The molecule has 1 N–H and O–H groups in total. The lowest BCUT2D eigenvalue weighted by molar-refractivity contribution is 0.155. The van der Waals surface area contributed by atoms with Gasteiger partial charge in [0.15, 0.2) is 5.89 Å². The Balaban J connectivity index is 1.60. The number of anilines is 1. The van der Waals surface area contributed by atoms with Crippen LogP contribution in [0.3, 0.4) is 0 Å². The Bertz CT molecular complexity index is 824. The number of hydrogen-bond acceptors (Lipinski definition) is 4. The quantitative estimate of drug-likeness (QED) is 0.755. The molecule has 0 unspecified atom stereocenters. The number of aromatic nitrogens is 1. The van der Waals surface area contributed by atoms with Crippen molar-refractivity contribution in [1.29, 1.82) is 0 Å². The van der Waals surface area contributed by atoms with Gasteiger partial charge in [-0.1, -0.05) is 42.5 Å². The Kier molecular flexibility index (Phi) is 4.61. The van der Waals surface area contributed by atoms with Gasteiger partial charge in [-0.2, -0.15) is 0 Å². The van der Waals surface area contributed by atoms with E-state index >= 15 is 0 Å². The Morgan fingerprint density at radius 1 is 1.08 bits per heavy atom. The van der Waals surface area contributed by atoms with Crippen LogP contribution < -0.4 is 5.32 Å². The largest absolute Gasteiger partial charge is 0.446 e. The molecule has 0 aliphatic carbocycles. The number of nitrogens with one attached hydrogen (secondary N) is 1. The second-order valence-corrected chi connectivity index (χ2v) is 5.40. The van der Waals surface area contributed by atoms with Crippen LogP contribution in [0.25, 0.3) is 11.3 Å². The van der Waals surface area contributed by atoms with Gasteiger partial charge in [-0.3, -0.25) is 5.32 Å². The fourth-order valence-corrected chi connectivity index (χ4v) is 2.39. The maximum Gasteiger partial charge on any atom is 0.411 e. The maximum atomic E-state index is 11.8. The minimum atomic E-state index is -0.486. The van der Waals surface area contributed by atoms with Gasteiger partial charge in [-0.05, 0) is 24.6 Å². The summed E-state index contributed by atoms with van der Waals surface area (Å²) >= 11 is 0. The normalized spacial score (nSPS) is 10.4. The average Bonchev–Trinajstić information content (AvgIpc) is 2.93. The molecule has 5 nitrogen and oxygen atoms in total. The number of nitrogens with zero attached hydrogens (tertiary/aromatic N) is 1. The molecule has 5 heteroatoms. The highest BCUT2D eigenvalue weighted by Crippen LogP contribution is 2.24. The first kappa shape index (κ1) is 15.8. The fraction of sp³-hybridized carbons (Fsp3) is 0.158. The molecule has 1 aromatic heterocycles. The number of carbonyl (C=O) groups excluding carboxylic acids is 1. The van der Waals surface area contributed by atoms with Crippen molar-refractivity contribution in [1.82, 2.24) is 4.98 Å². The van der Waals surface area contributed by atoms with Crippen LogP contribution in [-0.2, 0) is 11.3 Å². The first-order valence-corrected chi connectivity index (χ1v) is 7.64. The van der Waals surface area contributed by atoms with E-state index in [1.807, 2.05) is 68.4 Å². The van der Waals surface area contributed by atoms with Crippen LogP contribution in [0.4, 0.5) is 10.5 Å². The summed E-state index contributed by atoms with van der Waals surface area (Å²) in [4.78, 5) is 16.2. The van der Waals surface area contributed by atoms with Crippen molar-refractivity contribution in [3.63, 3.8) is 0 Å². The molecule has 0 saturated carbocycles. The van der Waals surface area contributed by atoms with Crippen molar-refractivity contribution < 1.29 is 13.9 Å². The Labute approximate surface area is 140 Å². The monoisotopic (exact) mass is 322 g/mol. The van der Waals surface area contributed by atoms with E-state index in [1.54, 1.807) is 0 Å². The number of carbonyl (C=O) groups is 1. The van der Waals surface area contributed by atoms with Crippen LogP contribution in [0.5, 0.6) is 0 Å². The van der Waals surface area contributed by atoms with Gasteiger partial charge in [-0.25, -0.2) is 9.78 Å². The van der Waals surface area contributed by atoms with Crippen LogP contribution in [0.1, 0.15) is 17.2 Å². The summed E-state index contributed by atoms with van der Waals surface area (Å²) in [6, 6.07) is 16.9. The second kappa shape index (κ2) is 7.00. The summed E-state index contributed by atoms with van der Waals surface area (Å²) < 4.78 is 10.6. The zero-order valence-corrected chi connectivity index (χ0v) is 13.6. The molecule has 0 fully saturated rings. The number of hydrogen-bond donors (Lipinski definition) is 1. The highest BCUT2D eigenvalue weighted by atomic mass is 16.5. The van der Waals surface area contributed by atoms with Gasteiger partial charge in [0, 0.05) is 18.2 Å². The van der Waals surface area contributed by atoms with E-state index in [2.05, 4.69) is 10.3 Å². The standard InChI is InChI=1S/C19H18N2O3/c1-13-18(20-14(2)24-13)16-8-10-17(11-9-16)21-19(22)23-12-15-6-4-3-5-7-15/h3-11H,12H2,1-2H3,(H,21,22). The molecule has 0 atom stereocenters. The van der Waals surface area contributed by atoms with Crippen LogP contribution >= 0.6 is 0 Å². The summed E-state index contributed by atoms with van der Waals surface area (Å²) in [7, 11) is 0. The van der Waals surface area contributed by atoms with E-state index in [1.165, 1.54) is 0 Å². The predicted octanol–water partition coefficient (Wildman–Crippen LogP) is 4.71. The number of rotatable bonds is 4. The zero-order chi connectivity index (χ0) is 16.9. The van der Waals surface area contributed by atoms with Gasteiger partial charge < -0.3 is 9.15 Å². The highest BCUT2D eigenvalue weighted by molar-refractivity contribution is 5.85. The summed E-state index contributed by atoms with van der Waals surface area (Å²) in [5.74, 6) is 1.41. The summed E-state index contributed by atoms with van der Waals surface area (Å²) in [6.07, 6.45) is -0.486. The van der Waals surface area contributed by atoms with E-state index in [-0.39, 0.29) is 6.61 Å². The molecule has 1 amide bonds. The van der Waals surface area contributed by atoms with E-state index in [0.29, 0.717) is 11.6 Å². The van der Waals surface area contributed by atoms with Crippen LogP contribution in [0.15, 0.2) is 59.0 Å².